The second kappa shape index (κ2) is 6.71. The first-order valence-corrected chi connectivity index (χ1v) is 7.49. The molecule has 4 heteroatoms. The molecule has 19 heavy (non-hydrogen) atoms. The van der Waals surface area contributed by atoms with Crippen LogP contribution in [0, 0.1) is 11.3 Å². The van der Waals surface area contributed by atoms with Crippen molar-refractivity contribution in [2.24, 2.45) is 17.1 Å². The van der Waals surface area contributed by atoms with Crippen LogP contribution in [0.5, 0.6) is 0 Å². The maximum atomic E-state index is 11.8. The summed E-state index contributed by atoms with van der Waals surface area (Å²) in [6, 6.07) is 0. The van der Waals surface area contributed by atoms with Crippen LogP contribution in [-0.2, 0) is 4.79 Å². The fraction of sp³-hybridized carbons (Fsp3) is 0.933. The number of nitrogens with two attached hydrogens (primary N) is 1. The third-order valence-electron chi connectivity index (χ3n) is 4.53. The van der Waals surface area contributed by atoms with Gasteiger partial charge in [0.2, 0.25) is 5.91 Å². The normalized spacial score (nSPS) is 22.8. The molecule has 1 atom stereocenters. The molecule has 4 N–H and O–H groups in total. The number of carbonyl (C=O) groups is 1. The molecule has 0 bridgehead atoms. The summed E-state index contributed by atoms with van der Waals surface area (Å²) in [5, 5.41) is 13.3. The standard InChI is InChI=1S/C15H30N2O2/c1-4-12(10-16)9-13(18)17-11-15(19)7-5-14(2,3)6-8-15/h12,19H,4-11,16H2,1-3H3,(H,17,18). The Hall–Kier alpha value is -0.610. The number of carbonyl (C=O) groups excluding carboxylic acids is 1. The zero-order valence-electron chi connectivity index (χ0n) is 12.7. The first-order valence-electron chi connectivity index (χ1n) is 7.49. The van der Waals surface area contributed by atoms with E-state index in [2.05, 4.69) is 19.2 Å². The van der Waals surface area contributed by atoms with Gasteiger partial charge in [-0.1, -0.05) is 27.2 Å². The van der Waals surface area contributed by atoms with E-state index < -0.39 is 5.60 Å². The predicted molar refractivity (Wildman–Crippen MR) is 77.7 cm³/mol. The van der Waals surface area contributed by atoms with Gasteiger partial charge in [0.05, 0.1) is 5.60 Å². The van der Waals surface area contributed by atoms with E-state index in [0.29, 0.717) is 24.9 Å². The van der Waals surface area contributed by atoms with Crippen molar-refractivity contribution in [2.45, 2.75) is 64.9 Å². The van der Waals surface area contributed by atoms with Crippen molar-refractivity contribution >= 4 is 5.91 Å². The number of nitrogens with one attached hydrogen (secondary N) is 1. The first-order chi connectivity index (χ1) is 8.80. The number of amides is 1. The molecule has 1 aliphatic rings. The quantitative estimate of drug-likeness (QED) is 0.689. The SMILES string of the molecule is CCC(CN)CC(=O)NCC1(O)CCC(C)(C)CC1. The monoisotopic (exact) mass is 270 g/mol. The summed E-state index contributed by atoms with van der Waals surface area (Å²) in [4.78, 5) is 11.8. The van der Waals surface area contributed by atoms with Crippen LogP contribution < -0.4 is 11.1 Å². The van der Waals surface area contributed by atoms with Crippen LogP contribution in [0.4, 0.5) is 0 Å². The minimum Gasteiger partial charge on any atom is -0.388 e. The highest BCUT2D eigenvalue weighted by atomic mass is 16.3. The number of hydrogen-bond donors (Lipinski definition) is 3. The molecule has 1 saturated carbocycles. The minimum absolute atomic E-state index is 0.00978. The van der Waals surface area contributed by atoms with Crippen LogP contribution in [0.25, 0.3) is 0 Å². The van der Waals surface area contributed by atoms with Crippen molar-refractivity contribution in [1.29, 1.82) is 0 Å². The first kappa shape index (κ1) is 16.4. The average Bonchev–Trinajstić information content (AvgIpc) is 2.38. The van der Waals surface area contributed by atoms with Crippen molar-refractivity contribution in [3.8, 4) is 0 Å². The molecule has 0 heterocycles. The van der Waals surface area contributed by atoms with E-state index in [9.17, 15) is 9.90 Å². The van der Waals surface area contributed by atoms with E-state index >= 15 is 0 Å². The Morgan fingerprint density at radius 3 is 2.37 bits per heavy atom. The highest BCUT2D eigenvalue weighted by Crippen LogP contribution is 2.39. The maximum absolute atomic E-state index is 11.8. The Morgan fingerprint density at radius 2 is 1.89 bits per heavy atom. The largest absolute Gasteiger partial charge is 0.388 e. The molecule has 0 aromatic rings. The molecule has 0 aromatic carbocycles. The van der Waals surface area contributed by atoms with E-state index in [1.165, 1.54) is 0 Å². The van der Waals surface area contributed by atoms with Crippen molar-refractivity contribution in [2.75, 3.05) is 13.1 Å². The zero-order chi connectivity index (χ0) is 14.5. The lowest BCUT2D eigenvalue weighted by Gasteiger charge is -2.40. The third-order valence-corrected chi connectivity index (χ3v) is 4.53. The fourth-order valence-corrected chi connectivity index (χ4v) is 2.56. The maximum Gasteiger partial charge on any atom is 0.220 e. The number of hydrogen-bond acceptors (Lipinski definition) is 3. The molecule has 0 aromatic heterocycles. The van der Waals surface area contributed by atoms with Gasteiger partial charge in [0, 0.05) is 13.0 Å². The van der Waals surface area contributed by atoms with Crippen molar-refractivity contribution in [1.82, 2.24) is 5.32 Å². The van der Waals surface area contributed by atoms with Crippen LogP contribution in [0.2, 0.25) is 0 Å². The summed E-state index contributed by atoms with van der Waals surface area (Å²) >= 11 is 0. The lowest BCUT2D eigenvalue weighted by molar-refractivity contribution is -0.124. The van der Waals surface area contributed by atoms with Crippen molar-refractivity contribution < 1.29 is 9.90 Å². The van der Waals surface area contributed by atoms with E-state index in [-0.39, 0.29) is 11.8 Å². The van der Waals surface area contributed by atoms with E-state index in [1.807, 2.05) is 6.92 Å². The van der Waals surface area contributed by atoms with Gasteiger partial charge in [-0.25, -0.2) is 0 Å². The lowest BCUT2D eigenvalue weighted by Crippen LogP contribution is -2.46. The Balaban J connectivity index is 2.34. The Morgan fingerprint density at radius 1 is 1.32 bits per heavy atom. The van der Waals surface area contributed by atoms with E-state index in [1.54, 1.807) is 0 Å². The van der Waals surface area contributed by atoms with E-state index in [4.69, 9.17) is 5.73 Å². The van der Waals surface area contributed by atoms with Gasteiger partial charge in [0.1, 0.15) is 0 Å². The van der Waals surface area contributed by atoms with Crippen LogP contribution >= 0.6 is 0 Å². The van der Waals surface area contributed by atoms with Gasteiger partial charge in [0.15, 0.2) is 0 Å². The molecule has 0 aliphatic heterocycles. The smallest absolute Gasteiger partial charge is 0.220 e. The molecule has 0 radical (unpaired) electrons. The molecule has 1 fully saturated rings. The zero-order valence-corrected chi connectivity index (χ0v) is 12.7. The summed E-state index contributed by atoms with van der Waals surface area (Å²) in [6.45, 7) is 7.43. The molecule has 0 saturated heterocycles. The van der Waals surface area contributed by atoms with Gasteiger partial charge in [-0.3, -0.25) is 4.79 Å². The molecule has 4 nitrogen and oxygen atoms in total. The minimum atomic E-state index is -0.713. The van der Waals surface area contributed by atoms with Crippen molar-refractivity contribution in [3.05, 3.63) is 0 Å². The predicted octanol–water partition coefficient (Wildman–Crippen LogP) is 1.81. The molecular formula is C15H30N2O2. The Bertz CT molecular complexity index is 289. The Labute approximate surface area is 117 Å². The molecule has 1 aliphatic carbocycles. The third kappa shape index (κ3) is 5.49. The average molecular weight is 270 g/mol. The molecule has 1 unspecified atom stereocenters. The van der Waals surface area contributed by atoms with Crippen LogP contribution in [0.3, 0.4) is 0 Å². The molecule has 1 rings (SSSR count). The Kier molecular flexibility index (Phi) is 5.81. The van der Waals surface area contributed by atoms with Crippen LogP contribution in [-0.4, -0.2) is 29.7 Å². The number of rotatable bonds is 6. The van der Waals surface area contributed by atoms with E-state index in [0.717, 1.165) is 32.1 Å². The topological polar surface area (TPSA) is 75.4 Å². The van der Waals surface area contributed by atoms with Gasteiger partial charge in [-0.15, -0.1) is 0 Å². The lowest BCUT2D eigenvalue weighted by atomic mass is 9.71. The molecular weight excluding hydrogens is 240 g/mol. The summed E-state index contributed by atoms with van der Waals surface area (Å²) in [5.41, 5.74) is 5.21. The summed E-state index contributed by atoms with van der Waals surface area (Å²) in [6.07, 6.45) is 4.96. The van der Waals surface area contributed by atoms with Crippen molar-refractivity contribution in [3.63, 3.8) is 0 Å². The summed E-state index contributed by atoms with van der Waals surface area (Å²) < 4.78 is 0. The van der Waals surface area contributed by atoms with Gasteiger partial charge in [-0.05, 0) is 43.6 Å². The summed E-state index contributed by atoms with van der Waals surface area (Å²) in [5.74, 6) is 0.260. The summed E-state index contributed by atoms with van der Waals surface area (Å²) in [7, 11) is 0. The fourth-order valence-electron chi connectivity index (χ4n) is 2.56. The second-order valence-electron chi connectivity index (χ2n) is 6.88. The molecule has 112 valence electrons. The second-order valence-corrected chi connectivity index (χ2v) is 6.88. The number of aliphatic hydroxyl groups is 1. The van der Waals surface area contributed by atoms with Gasteiger partial charge >= 0.3 is 0 Å². The molecule has 1 amide bonds. The van der Waals surface area contributed by atoms with Crippen LogP contribution in [0.1, 0.15) is 59.3 Å². The van der Waals surface area contributed by atoms with Gasteiger partial charge < -0.3 is 16.2 Å². The van der Waals surface area contributed by atoms with Crippen LogP contribution in [0.15, 0.2) is 0 Å². The highest BCUT2D eigenvalue weighted by molar-refractivity contribution is 5.76. The highest BCUT2D eigenvalue weighted by Gasteiger charge is 2.36. The van der Waals surface area contributed by atoms with Gasteiger partial charge in [0.25, 0.3) is 0 Å². The van der Waals surface area contributed by atoms with Gasteiger partial charge in [-0.2, -0.15) is 0 Å². The molecule has 0 spiro atoms.